The van der Waals surface area contributed by atoms with Crippen LogP contribution < -0.4 is 5.32 Å². The predicted octanol–water partition coefficient (Wildman–Crippen LogP) is 3.29. The molecule has 0 atom stereocenters. The van der Waals surface area contributed by atoms with Crippen LogP contribution in [-0.2, 0) is 6.54 Å². The molecule has 108 valence electrons. The van der Waals surface area contributed by atoms with E-state index >= 15 is 0 Å². The van der Waals surface area contributed by atoms with Crippen molar-refractivity contribution in [1.82, 2.24) is 20.1 Å². The van der Waals surface area contributed by atoms with E-state index in [2.05, 4.69) is 38.3 Å². The van der Waals surface area contributed by atoms with Crippen LogP contribution in [-0.4, -0.2) is 21.3 Å². The molecule has 4 nitrogen and oxygen atoms in total. The van der Waals surface area contributed by atoms with Crippen LogP contribution in [0.1, 0.15) is 30.3 Å². The van der Waals surface area contributed by atoms with Crippen molar-refractivity contribution in [3.8, 4) is 5.82 Å². The van der Waals surface area contributed by atoms with E-state index < -0.39 is 0 Å². The maximum atomic E-state index is 14.5. The number of aromatic nitrogens is 3. The molecule has 20 heavy (non-hydrogen) atoms. The molecule has 2 rings (SSSR count). The Balaban J connectivity index is 2.37. The molecule has 0 spiro atoms. The van der Waals surface area contributed by atoms with Crippen LogP contribution in [0.3, 0.4) is 0 Å². The number of aryl methyl sites for hydroxylation is 1. The second kappa shape index (κ2) is 6.45. The Morgan fingerprint density at radius 3 is 2.75 bits per heavy atom. The van der Waals surface area contributed by atoms with Crippen molar-refractivity contribution in [1.29, 1.82) is 0 Å². The Morgan fingerprint density at radius 2 is 2.15 bits per heavy atom. The zero-order chi connectivity index (χ0) is 14.7. The van der Waals surface area contributed by atoms with Gasteiger partial charge in [0.15, 0.2) is 11.6 Å². The highest BCUT2D eigenvalue weighted by Crippen LogP contribution is 2.24. The van der Waals surface area contributed by atoms with E-state index in [0.29, 0.717) is 12.1 Å². The number of hydrogen-bond acceptors (Lipinski definition) is 3. The van der Waals surface area contributed by atoms with Crippen molar-refractivity contribution in [3.63, 3.8) is 0 Å². The maximum absolute atomic E-state index is 14.5. The van der Waals surface area contributed by atoms with Crippen molar-refractivity contribution >= 4 is 15.9 Å². The van der Waals surface area contributed by atoms with Gasteiger partial charge in [-0.3, -0.25) is 0 Å². The number of pyridine rings is 1. The Morgan fingerprint density at radius 1 is 1.40 bits per heavy atom. The monoisotopic (exact) mass is 340 g/mol. The molecule has 0 amide bonds. The van der Waals surface area contributed by atoms with Crippen LogP contribution >= 0.6 is 15.9 Å². The minimum atomic E-state index is -0.325. The standard InChI is InChI=1S/C14H18BrFN4/c1-4-6-17-8-11-5-7-18-14(13(11)16)20-10(3)12(15)9(2)19-20/h5,7,17H,4,6,8H2,1-3H3. The maximum Gasteiger partial charge on any atom is 0.190 e. The molecule has 0 aromatic carbocycles. The summed E-state index contributed by atoms with van der Waals surface area (Å²) in [5.74, 6) is -0.0821. The molecule has 0 saturated heterocycles. The summed E-state index contributed by atoms with van der Waals surface area (Å²) in [6, 6.07) is 1.70. The first-order chi connectivity index (χ1) is 9.56. The Kier molecular flexibility index (Phi) is 4.88. The van der Waals surface area contributed by atoms with Crippen molar-refractivity contribution < 1.29 is 4.39 Å². The first-order valence-electron chi connectivity index (χ1n) is 6.62. The molecule has 0 saturated carbocycles. The second-order valence-corrected chi connectivity index (χ2v) is 5.47. The van der Waals surface area contributed by atoms with Crippen LogP contribution in [0.15, 0.2) is 16.7 Å². The first kappa shape index (κ1) is 15.1. The number of halogens is 2. The lowest BCUT2D eigenvalue weighted by Gasteiger charge is -2.09. The fraction of sp³-hybridized carbons (Fsp3) is 0.429. The average molecular weight is 341 g/mol. The largest absolute Gasteiger partial charge is 0.313 e. The summed E-state index contributed by atoms with van der Waals surface area (Å²) in [7, 11) is 0. The lowest BCUT2D eigenvalue weighted by atomic mass is 10.2. The number of hydrogen-bond donors (Lipinski definition) is 1. The Bertz CT molecular complexity index is 609. The van der Waals surface area contributed by atoms with Gasteiger partial charge >= 0.3 is 0 Å². The summed E-state index contributed by atoms with van der Waals surface area (Å²) >= 11 is 3.45. The highest BCUT2D eigenvalue weighted by molar-refractivity contribution is 9.10. The van der Waals surface area contributed by atoms with Crippen molar-refractivity contribution in [3.05, 3.63) is 39.5 Å². The second-order valence-electron chi connectivity index (χ2n) is 4.68. The Hall–Kier alpha value is -1.27. The average Bonchev–Trinajstić information content (AvgIpc) is 2.69. The zero-order valence-corrected chi connectivity index (χ0v) is 13.5. The molecular formula is C14H18BrFN4. The number of nitrogens with one attached hydrogen (secondary N) is 1. The lowest BCUT2D eigenvalue weighted by molar-refractivity contribution is 0.564. The third kappa shape index (κ3) is 2.91. The van der Waals surface area contributed by atoms with E-state index in [-0.39, 0.29) is 11.6 Å². The van der Waals surface area contributed by atoms with E-state index in [1.165, 1.54) is 4.68 Å². The minimum Gasteiger partial charge on any atom is -0.313 e. The summed E-state index contributed by atoms with van der Waals surface area (Å²) in [6.45, 7) is 7.19. The van der Waals surface area contributed by atoms with Gasteiger partial charge in [0.1, 0.15) is 0 Å². The van der Waals surface area contributed by atoms with Gasteiger partial charge in [-0.2, -0.15) is 5.10 Å². The highest BCUT2D eigenvalue weighted by Gasteiger charge is 2.16. The van der Waals surface area contributed by atoms with E-state index in [1.54, 1.807) is 12.3 Å². The molecule has 0 aliphatic heterocycles. The van der Waals surface area contributed by atoms with Crippen LogP contribution in [0.25, 0.3) is 5.82 Å². The molecule has 0 bridgehead atoms. The molecule has 0 aliphatic carbocycles. The van der Waals surface area contributed by atoms with Crippen LogP contribution in [0.5, 0.6) is 0 Å². The van der Waals surface area contributed by atoms with Gasteiger partial charge < -0.3 is 5.32 Å². The minimum absolute atomic E-state index is 0.243. The molecule has 1 N–H and O–H groups in total. The summed E-state index contributed by atoms with van der Waals surface area (Å²) in [6.07, 6.45) is 2.63. The molecule has 2 aromatic heterocycles. The molecule has 6 heteroatoms. The van der Waals surface area contributed by atoms with Gasteiger partial charge in [0.2, 0.25) is 0 Å². The Labute approximate surface area is 126 Å². The van der Waals surface area contributed by atoms with Gasteiger partial charge in [0.25, 0.3) is 0 Å². The molecule has 2 heterocycles. The summed E-state index contributed by atoms with van der Waals surface area (Å²) in [5, 5.41) is 7.52. The fourth-order valence-electron chi connectivity index (χ4n) is 1.99. The fourth-order valence-corrected chi connectivity index (χ4v) is 2.23. The summed E-state index contributed by atoms with van der Waals surface area (Å²) < 4.78 is 17.0. The molecule has 0 aliphatic rings. The van der Waals surface area contributed by atoms with Crippen molar-refractivity contribution in [2.24, 2.45) is 0 Å². The van der Waals surface area contributed by atoms with Gasteiger partial charge in [-0.1, -0.05) is 6.92 Å². The number of nitrogens with zero attached hydrogens (tertiary/aromatic N) is 3. The van der Waals surface area contributed by atoms with Crippen LogP contribution in [0.2, 0.25) is 0 Å². The zero-order valence-electron chi connectivity index (χ0n) is 11.9. The molecule has 0 fully saturated rings. The normalized spacial score (nSPS) is 11.1. The van der Waals surface area contributed by atoms with Crippen LogP contribution in [0.4, 0.5) is 4.39 Å². The van der Waals surface area contributed by atoms with E-state index in [0.717, 1.165) is 28.8 Å². The smallest absolute Gasteiger partial charge is 0.190 e. The van der Waals surface area contributed by atoms with Crippen LogP contribution in [0, 0.1) is 19.7 Å². The summed E-state index contributed by atoms with van der Waals surface area (Å²) in [5.41, 5.74) is 2.26. The third-order valence-corrected chi connectivity index (χ3v) is 4.24. The van der Waals surface area contributed by atoms with Gasteiger partial charge in [-0.25, -0.2) is 14.1 Å². The molecule has 2 aromatic rings. The van der Waals surface area contributed by atoms with Gasteiger partial charge in [-0.05, 0) is 48.8 Å². The molecule has 0 unspecified atom stereocenters. The molecule has 0 radical (unpaired) electrons. The van der Waals surface area contributed by atoms with E-state index in [4.69, 9.17) is 0 Å². The first-order valence-corrected chi connectivity index (χ1v) is 7.41. The van der Waals surface area contributed by atoms with Gasteiger partial charge in [0.05, 0.1) is 15.9 Å². The summed E-state index contributed by atoms with van der Waals surface area (Å²) in [4.78, 5) is 4.13. The topological polar surface area (TPSA) is 42.7 Å². The third-order valence-electron chi connectivity index (χ3n) is 3.10. The van der Waals surface area contributed by atoms with E-state index in [9.17, 15) is 4.39 Å². The highest BCUT2D eigenvalue weighted by atomic mass is 79.9. The van der Waals surface area contributed by atoms with E-state index in [1.807, 2.05) is 13.8 Å². The quantitative estimate of drug-likeness (QED) is 0.849. The molecular weight excluding hydrogens is 323 g/mol. The SMILES string of the molecule is CCCNCc1ccnc(-n2nc(C)c(Br)c2C)c1F. The van der Waals surface area contributed by atoms with Crippen molar-refractivity contribution in [2.75, 3.05) is 6.54 Å². The van der Waals surface area contributed by atoms with Gasteiger partial charge in [0, 0.05) is 18.3 Å². The number of rotatable bonds is 5. The lowest BCUT2D eigenvalue weighted by Crippen LogP contribution is -2.16. The predicted molar refractivity (Wildman–Crippen MR) is 80.5 cm³/mol. The van der Waals surface area contributed by atoms with Crippen molar-refractivity contribution in [2.45, 2.75) is 33.7 Å². The van der Waals surface area contributed by atoms with Gasteiger partial charge in [-0.15, -0.1) is 0 Å².